The first-order valence-electron chi connectivity index (χ1n) is 6.44. The van der Waals surface area contributed by atoms with E-state index in [1.54, 1.807) is 0 Å². The first kappa shape index (κ1) is 16.2. The molecule has 3 heteroatoms. The quantitative estimate of drug-likeness (QED) is 0.537. The van der Waals surface area contributed by atoms with Gasteiger partial charge in [0.15, 0.2) is 0 Å². The number of alkyl halides is 2. The average molecular weight is 252 g/mol. The zero-order valence-electron chi connectivity index (χ0n) is 10.8. The lowest BCUT2D eigenvalue weighted by molar-refractivity contribution is 0.0409. The van der Waals surface area contributed by atoms with E-state index in [4.69, 9.17) is 0 Å². The summed E-state index contributed by atoms with van der Waals surface area (Å²) in [6.07, 6.45) is 3.17. The Morgan fingerprint density at radius 2 is 1.56 bits per heavy atom. The minimum Gasteiger partial charge on any atom is -0.210 e. The molecule has 98 valence electrons. The van der Waals surface area contributed by atoms with Gasteiger partial charge in [-0.1, -0.05) is 33.6 Å². The number of halogens is 2. The molecule has 0 aliphatic heterocycles. The van der Waals surface area contributed by atoms with Crippen molar-refractivity contribution in [2.45, 2.75) is 65.7 Å². The summed E-state index contributed by atoms with van der Waals surface area (Å²) in [5.41, 5.74) is 0.0315. The van der Waals surface area contributed by atoms with Crippen LogP contribution in [0, 0.1) is 11.3 Å². The van der Waals surface area contributed by atoms with Crippen LogP contribution in [-0.2, 0) is 0 Å². The van der Waals surface area contributed by atoms with Crippen LogP contribution in [0.5, 0.6) is 0 Å². The van der Waals surface area contributed by atoms with E-state index in [1.165, 1.54) is 0 Å². The van der Waals surface area contributed by atoms with Crippen molar-refractivity contribution in [3.8, 4) is 0 Å². The molecule has 1 atom stereocenters. The third kappa shape index (κ3) is 5.03. The van der Waals surface area contributed by atoms with Crippen LogP contribution in [0.2, 0.25) is 0 Å². The maximum atomic E-state index is 12.8. The molecule has 0 aromatic carbocycles. The van der Waals surface area contributed by atoms with E-state index in [0.717, 1.165) is 31.4 Å². The Kier molecular flexibility index (Phi) is 8.43. The summed E-state index contributed by atoms with van der Waals surface area (Å²) < 4.78 is 25.6. The molecule has 0 rings (SSSR count). The van der Waals surface area contributed by atoms with Crippen LogP contribution in [0.15, 0.2) is 0 Å². The van der Waals surface area contributed by atoms with E-state index in [2.05, 4.69) is 26.5 Å². The molecule has 0 fully saturated rings. The lowest BCUT2D eigenvalue weighted by Gasteiger charge is -2.35. The first-order valence-corrected chi connectivity index (χ1v) is 7.07. The molecule has 0 amide bonds. The monoisotopic (exact) mass is 252 g/mol. The lowest BCUT2D eigenvalue weighted by atomic mass is 9.73. The van der Waals surface area contributed by atoms with Crippen molar-refractivity contribution in [3.05, 3.63) is 0 Å². The highest BCUT2D eigenvalue weighted by Crippen LogP contribution is 2.40. The third-order valence-electron chi connectivity index (χ3n) is 3.47. The molecule has 16 heavy (non-hydrogen) atoms. The molecule has 0 aliphatic carbocycles. The van der Waals surface area contributed by atoms with Crippen LogP contribution in [0.3, 0.4) is 0 Å². The van der Waals surface area contributed by atoms with Crippen LogP contribution in [0.1, 0.15) is 59.3 Å². The predicted octanol–water partition coefficient (Wildman–Crippen LogP) is 5.18. The predicted molar refractivity (Wildman–Crippen MR) is 70.5 cm³/mol. The summed E-state index contributed by atoms with van der Waals surface area (Å²) in [7, 11) is 0. The van der Waals surface area contributed by atoms with Gasteiger partial charge in [0.05, 0.1) is 0 Å². The van der Waals surface area contributed by atoms with Crippen LogP contribution >= 0.6 is 12.6 Å². The lowest BCUT2D eigenvalue weighted by Crippen LogP contribution is -2.28. The van der Waals surface area contributed by atoms with Crippen LogP contribution < -0.4 is 0 Å². The highest BCUT2D eigenvalue weighted by Gasteiger charge is 2.33. The van der Waals surface area contributed by atoms with E-state index in [-0.39, 0.29) is 5.41 Å². The van der Waals surface area contributed by atoms with Crippen molar-refractivity contribution in [1.29, 1.82) is 0 Å². The van der Waals surface area contributed by atoms with Gasteiger partial charge in [0.25, 0.3) is 0 Å². The second-order valence-electron chi connectivity index (χ2n) is 4.87. The summed E-state index contributed by atoms with van der Waals surface area (Å²) in [6, 6.07) is 0. The molecule has 0 saturated heterocycles. The fraction of sp³-hybridized carbons (Fsp3) is 1.00. The second kappa shape index (κ2) is 8.32. The smallest absolute Gasteiger partial charge is 0.210 e. The molecule has 0 heterocycles. The Labute approximate surface area is 105 Å². The number of hydrogen-bond donors (Lipinski definition) is 1. The van der Waals surface area contributed by atoms with Crippen LogP contribution in [0.25, 0.3) is 0 Å². The Balaban J connectivity index is 4.59. The Hall–Kier alpha value is 0.210. The van der Waals surface area contributed by atoms with E-state index in [0.29, 0.717) is 12.8 Å². The molecule has 0 aromatic rings. The minimum atomic E-state index is -2.18. The number of thiol groups is 1. The molecule has 0 spiro atoms. The normalized spacial score (nSPS) is 14.4. The van der Waals surface area contributed by atoms with E-state index < -0.39 is 12.3 Å². The Morgan fingerprint density at radius 1 is 1.06 bits per heavy atom. The summed E-state index contributed by atoms with van der Waals surface area (Å²) in [6.45, 7) is 6.10. The maximum Gasteiger partial charge on any atom is 0.241 e. The molecule has 0 aromatic heterocycles. The zero-order valence-corrected chi connectivity index (χ0v) is 11.7. The Bertz CT molecular complexity index is 165. The van der Waals surface area contributed by atoms with Gasteiger partial charge in [-0.05, 0) is 36.9 Å². The summed E-state index contributed by atoms with van der Waals surface area (Å²) in [4.78, 5) is 0. The van der Waals surface area contributed by atoms with E-state index >= 15 is 0 Å². The van der Waals surface area contributed by atoms with Gasteiger partial charge >= 0.3 is 0 Å². The highest BCUT2D eigenvalue weighted by molar-refractivity contribution is 7.80. The SMILES string of the molecule is CCCC(CS)(CCC)CC(CC)C(F)F. The van der Waals surface area contributed by atoms with Crippen molar-refractivity contribution in [1.82, 2.24) is 0 Å². The molecule has 0 saturated carbocycles. The number of rotatable bonds is 9. The highest BCUT2D eigenvalue weighted by atomic mass is 32.1. The van der Waals surface area contributed by atoms with Crippen molar-refractivity contribution in [2.75, 3.05) is 5.75 Å². The second-order valence-corrected chi connectivity index (χ2v) is 5.18. The van der Waals surface area contributed by atoms with E-state index in [9.17, 15) is 8.78 Å². The van der Waals surface area contributed by atoms with Gasteiger partial charge in [0.1, 0.15) is 0 Å². The molecule has 0 bridgehead atoms. The first-order chi connectivity index (χ1) is 7.55. The fourth-order valence-corrected chi connectivity index (χ4v) is 3.03. The largest absolute Gasteiger partial charge is 0.241 e. The Morgan fingerprint density at radius 3 is 1.81 bits per heavy atom. The molecule has 0 nitrogen and oxygen atoms in total. The summed E-state index contributed by atoms with van der Waals surface area (Å²) in [5, 5.41) is 0. The molecule has 0 aliphatic rings. The van der Waals surface area contributed by atoms with Gasteiger partial charge < -0.3 is 0 Å². The standard InChI is InChI=1S/C13H26F2S/c1-4-7-13(10-16,8-5-2)9-11(6-3)12(14)15/h11-12,16H,4-10H2,1-3H3. The maximum absolute atomic E-state index is 12.8. The van der Waals surface area contributed by atoms with Gasteiger partial charge in [-0.2, -0.15) is 12.6 Å². The minimum absolute atomic E-state index is 0.0315. The van der Waals surface area contributed by atoms with Gasteiger partial charge in [-0.15, -0.1) is 0 Å². The molecule has 1 unspecified atom stereocenters. The average Bonchev–Trinajstić information content (AvgIpc) is 2.25. The summed E-state index contributed by atoms with van der Waals surface area (Å²) in [5.74, 6) is 0.281. The van der Waals surface area contributed by atoms with Gasteiger partial charge in [0.2, 0.25) is 6.43 Å². The van der Waals surface area contributed by atoms with Crippen molar-refractivity contribution >= 4 is 12.6 Å². The molecule has 0 N–H and O–H groups in total. The number of hydrogen-bond acceptors (Lipinski definition) is 1. The summed E-state index contributed by atoms with van der Waals surface area (Å²) >= 11 is 4.41. The molecular weight excluding hydrogens is 226 g/mol. The van der Waals surface area contributed by atoms with Crippen LogP contribution in [-0.4, -0.2) is 12.2 Å². The third-order valence-corrected chi connectivity index (χ3v) is 4.14. The van der Waals surface area contributed by atoms with Gasteiger partial charge in [-0.25, -0.2) is 8.78 Å². The van der Waals surface area contributed by atoms with Crippen molar-refractivity contribution < 1.29 is 8.78 Å². The fourth-order valence-electron chi connectivity index (χ4n) is 2.58. The van der Waals surface area contributed by atoms with E-state index in [1.807, 2.05) is 6.92 Å². The van der Waals surface area contributed by atoms with Gasteiger partial charge in [-0.3, -0.25) is 0 Å². The zero-order chi connectivity index (χ0) is 12.6. The van der Waals surface area contributed by atoms with Gasteiger partial charge in [0, 0.05) is 5.92 Å². The topological polar surface area (TPSA) is 0 Å². The molecule has 0 radical (unpaired) electrons. The molecular formula is C13H26F2S. The van der Waals surface area contributed by atoms with Crippen LogP contribution in [0.4, 0.5) is 8.78 Å². The van der Waals surface area contributed by atoms with Crippen molar-refractivity contribution in [3.63, 3.8) is 0 Å². The van der Waals surface area contributed by atoms with Crippen molar-refractivity contribution in [2.24, 2.45) is 11.3 Å².